The molecule has 0 spiro atoms. The molecule has 0 aliphatic carbocycles. The highest BCUT2D eigenvalue weighted by molar-refractivity contribution is 5.83. The molecule has 0 amide bonds. The summed E-state index contributed by atoms with van der Waals surface area (Å²) < 4.78 is 5.13. The van der Waals surface area contributed by atoms with Crippen LogP contribution in [0.5, 0.6) is 5.75 Å². The fourth-order valence-corrected chi connectivity index (χ4v) is 1.70. The fourth-order valence-electron chi connectivity index (χ4n) is 1.70. The maximum Gasteiger partial charge on any atom is 0.148 e. The maximum atomic E-state index is 11.1. The van der Waals surface area contributed by atoms with Gasteiger partial charge in [0.25, 0.3) is 0 Å². The van der Waals surface area contributed by atoms with E-state index in [4.69, 9.17) is 4.74 Å². The summed E-state index contributed by atoms with van der Waals surface area (Å²) in [5, 5.41) is 3.17. The summed E-state index contributed by atoms with van der Waals surface area (Å²) in [5.74, 6) is 1.11. The van der Waals surface area contributed by atoms with Crippen molar-refractivity contribution in [3.63, 3.8) is 0 Å². The molecule has 3 heteroatoms. The molecule has 0 bridgehead atoms. The van der Waals surface area contributed by atoms with E-state index in [-0.39, 0.29) is 11.8 Å². The molecule has 1 saturated heterocycles. The first kappa shape index (κ1) is 9.21. The first-order valence-electron chi connectivity index (χ1n) is 4.68. The van der Waals surface area contributed by atoms with Gasteiger partial charge in [0, 0.05) is 12.5 Å². The average Bonchev–Trinajstić information content (AvgIpc) is 2.65. The summed E-state index contributed by atoms with van der Waals surface area (Å²) >= 11 is 0. The van der Waals surface area contributed by atoms with Crippen LogP contribution in [0, 0.1) is 0 Å². The lowest BCUT2D eigenvalue weighted by Crippen LogP contribution is -2.13. The van der Waals surface area contributed by atoms with Crippen LogP contribution in [-0.2, 0) is 4.79 Å². The lowest BCUT2D eigenvalue weighted by molar-refractivity contribution is -0.116. The number of carbonyl (C=O) groups excluding carboxylic acids is 1. The molecule has 14 heavy (non-hydrogen) atoms. The summed E-state index contributed by atoms with van der Waals surface area (Å²) in [4.78, 5) is 11.1. The Morgan fingerprint density at radius 3 is 3.00 bits per heavy atom. The van der Waals surface area contributed by atoms with E-state index in [2.05, 4.69) is 5.32 Å². The van der Waals surface area contributed by atoms with Crippen molar-refractivity contribution in [1.29, 1.82) is 0 Å². The van der Waals surface area contributed by atoms with Gasteiger partial charge in [0.2, 0.25) is 0 Å². The van der Waals surface area contributed by atoms with Crippen LogP contribution in [0.25, 0.3) is 0 Å². The van der Waals surface area contributed by atoms with Crippen molar-refractivity contribution < 1.29 is 9.53 Å². The molecule has 1 aliphatic rings. The molecule has 1 aromatic carbocycles. The first-order valence-corrected chi connectivity index (χ1v) is 4.68. The Balaban J connectivity index is 2.19. The molecular weight excluding hydrogens is 178 g/mol. The normalized spacial score (nSPS) is 21.2. The maximum absolute atomic E-state index is 11.1. The summed E-state index contributed by atoms with van der Waals surface area (Å²) in [6.07, 6.45) is 0.590. The lowest BCUT2D eigenvalue weighted by atomic mass is 10.1. The smallest absolute Gasteiger partial charge is 0.148 e. The van der Waals surface area contributed by atoms with Gasteiger partial charge in [-0.05, 0) is 17.7 Å². The molecule has 0 saturated carbocycles. The van der Waals surface area contributed by atoms with Crippen molar-refractivity contribution in [3.8, 4) is 5.75 Å². The Kier molecular flexibility index (Phi) is 2.50. The van der Waals surface area contributed by atoms with Crippen LogP contribution >= 0.6 is 0 Å². The molecule has 1 aromatic rings. The molecule has 1 fully saturated rings. The van der Waals surface area contributed by atoms with Gasteiger partial charge in [0.05, 0.1) is 13.7 Å². The zero-order chi connectivity index (χ0) is 9.97. The quantitative estimate of drug-likeness (QED) is 0.765. The average molecular weight is 191 g/mol. The number of ether oxygens (including phenoxy) is 1. The summed E-state index contributed by atoms with van der Waals surface area (Å²) in [6.45, 7) is 0.488. The molecule has 1 heterocycles. The predicted octanol–water partition coefficient (Wildman–Crippen LogP) is 1.30. The van der Waals surface area contributed by atoms with Gasteiger partial charge in [0.1, 0.15) is 11.5 Å². The number of ketones is 1. The number of rotatable bonds is 2. The summed E-state index contributed by atoms with van der Waals surface area (Å²) in [5.41, 5.74) is 1.12. The second-order valence-electron chi connectivity index (χ2n) is 3.45. The minimum Gasteiger partial charge on any atom is -0.497 e. The van der Waals surface area contributed by atoms with E-state index >= 15 is 0 Å². The van der Waals surface area contributed by atoms with Gasteiger partial charge in [-0.15, -0.1) is 0 Å². The number of hydrogen-bond donors (Lipinski definition) is 1. The highest BCUT2D eigenvalue weighted by atomic mass is 16.5. The Hall–Kier alpha value is -1.35. The van der Waals surface area contributed by atoms with Gasteiger partial charge < -0.3 is 10.1 Å². The van der Waals surface area contributed by atoms with E-state index in [1.807, 2.05) is 24.3 Å². The summed E-state index contributed by atoms with van der Waals surface area (Å²) in [7, 11) is 1.65. The zero-order valence-corrected chi connectivity index (χ0v) is 8.12. The van der Waals surface area contributed by atoms with Crippen LogP contribution in [0.1, 0.15) is 18.0 Å². The van der Waals surface area contributed by atoms with Gasteiger partial charge in [-0.1, -0.05) is 12.1 Å². The van der Waals surface area contributed by atoms with Crippen LogP contribution < -0.4 is 10.1 Å². The molecule has 1 aliphatic heterocycles. The van der Waals surface area contributed by atoms with Crippen LogP contribution in [0.4, 0.5) is 0 Å². The van der Waals surface area contributed by atoms with E-state index in [9.17, 15) is 4.79 Å². The highest BCUT2D eigenvalue weighted by Gasteiger charge is 2.22. The van der Waals surface area contributed by atoms with Gasteiger partial charge in [-0.2, -0.15) is 0 Å². The Bertz CT molecular complexity index is 349. The Morgan fingerprint density at radius 2 is 2.36 bits per heavy atom. The lowest BCUT2D eigenvalue weighted by Gasteiger charge is -2.10. The molecular formula is C11H13NO2. The fraction of sp³-hybridized carbons (Fsp3) is 0.364. The van der Waals surface area contributed by atoms with Crippen molar-refractivity contribution in [3.05, 3.63) is 29.8 Å². The molecule has 1 N–H and O–H groups in total. The molecule has 3 nitrogen and oxygen atoms in total. The number of hydrogen-bond acceptors (Lipinski definition) is 3. The largest absolute Gasteiger partial charge is 0.497 e. The van der Waals surface area contributed by atoms with Crippen molar-refractivity contribution in [2.45, 2.75) is 12.5 Å². The molecule has 0 aromatic heterocycles. The third kappa shape index (κ3) is 1.77. The number of carbonyl (C=O) groups is 1. The zero-order valence-electron chi connectivity index (χ0n) is 8.12. The van der Waals surface area contributed by atoms with Crippen molar-refractivity contribution in [2.75, 3.05) is 13.7 Å². The molecule has 1 atom stereocenters. The van der Waals surface area contributed by atoms with Crippen molar-refractivity contribution in [2.24, 2.45) is 0 Å². The van der Waals surface area contributed by atoms with E-state index in [0.29, 0.717) is 13.0 Å². The Morgan fingerprint density at radius 1 is 1.50 bits per heavy atom. The standard InChI is InChI=1S/C11H13NO2/c1-14-10-4-2-3-8(5-10)11-6-9(13)7-12-11/h2-5,11-12H,6-7H2,1H3. The summed E-state index contributed by atoms with van der Waals surface area (Å²) in [6, 6.07) is 7.99. The highest BCUT2D eigenvalue weighted by Crippen LogP contribution is 2.24. The van der Waals surface area contributed by atoms with E-state index in [1.54, 1.807) is 7.11 Å². The molecule has 1 unspecified atom stereocenters. The van der Waals surface area contributed by atoms with Crippen LogP contribution in [0.2, 0.25) is 0 Å². The van der Waals surface area contributed by atoms with Crippen LogP contribution in [0.3, 0.4) is 0 Å². The van der Waals surface area contributed by atoms with Crippen molar-refractivity contribution in [1.82, 2.24) is 5.32 Å². The van der Waals surface area contributed by atoms with Gasteiger partial charge in [-0.3, -0.25) is 4.79 Å². The van der Waals surface area contributed by atoms with E-state index in [0.717, 1.165) is 11.3 Å². The molecule has 0 radical (unpaired) electrons. The Labute approximate surface area is 83.1 Å². The number of Topliss-reactive ketones (excluding diaryl/α,β-unsaturated/α-hetero) is 1. The number of benzene rings is 1. The minimum absolute atomic E-state index is 0.164. The SMILES string of the molecule is COc1cccc(C2CC(=O)CN2)c1. The number of methoxy groups -OCH3 is 1. The van der Waals surface area contributed by atoms with Crippen molar-refractivity contribution >= 4 is 5.78 Å². The third-order valence-electron chi connectivity index (χ3n) is 2.47. The second-order valence-corrected chi connectivity index (χ2v) is 3.45. The predicted molar refractivity (Wildman–Crippen MR) is 53.4 cm³/mol. The molecule has 74 valence electrons. The van der Waals surface area contributed by atoms with Gasteiger partial charge >= 0.3 is 0 Å². The van der Waals surface area contributed by atoms with Crippen LogP contribution in [-0.4, -0.2) is 19.4 Å². The first-order chi connectivity index (χ1) is 6.79. The second kappa shape index (κ2) is 3.80. The monoisotopic (exact) mass is 191 g/mol. The van der Waals surface area contributed by atoms with E-state index < -0.39 is 0 Å². The molecule has 2 rings (SSSR count). The van der Waals surface area contributed by atoms with Crippen LogP contribution in [0.15, 0.2) is 24.3 Å². The van der Waals surface area contributed by atoms with Gasteiger partial charge in [-0.25, -0.2) is 0 Å². The minimum atomic E-state index is 0.164. The van der Waals surface area contributed by atoms with Gasteiger partial charge in [0.15, 0.2) is 0 Å². The topological polar surface area (TPSA) is 38.3 Å². The third-order valence-corrected chi connectivity index (χ3v) is 2.47. The van der Waals surface area contributed by atoms with E-state index in [1.165, 1.54) is 0 Å². The number of nitrogens with one attached hydrogen (secondary N) is 1.